The van der Waals surface area contributed by atoms with E-state index in [1.165, 1.54) is 18.5 Å². The molecule has 1 fully saturated rings. The maximum absolute atomic E-state index is 9.14. The van der Waals surface area contributed by atoms with Crippen molar-refractivity contribution in [2.45, 2.75) is 31.8 Å². The van der Waals surface area contributed by atoms with Crippen molar-refractivity contribution in [3.63, 3.8) is 0 Å². The molecule has 0 bridgehead atoms. The van der Waals surface area contributed by atoms with Gasteiger partial charge in [-0.25, -0.2) is 4.98 Å². The zero-order valence-corrected chi connectivity index (χ0v) is 13.8. The van der Waals surface area contributed by atoms with Crippen molar-refractivity contribution in [1.82, 2.24) is 24.1 Å². The van der Waals surface area contributed by atoms with Gasteiger partial charge in [-0.2, -0.15) is 10.4 Å². The number of fused-ring (bicyclic) bond motifs is 1. The number of hydrogen-bond donors (Lipinski definition) is 0. The lowest BCUT2D eigenvalue weighted by atomic mass is 9.99. The van der Waals surface area contributed by atoms with Gasteiger partial charge in [0.15, 0.2) is 0 Å². The van der Waals surface area contributed by atoms with E-state index in [9.17, 15) is 0 Å². The number of nitriles is 1. The van der Waals surface area contributed by atoms with Crippen LogP contribution in [0.5, 0.6) is 0 Å². The van der Waals surface area contributed by atoms with Crippen LogP contribution in [0, 0.1) is 11.3 Å². The molecule has 0 aliphatic carbocycles. The molecule has 0 radical (unpaired) electrons. The first kappa shape index (κ1) is 14.9. The number of hydrogen-bond acceptors (Lipinski definition) is 4. The van der Waals surface area contributed by atoms with E-state index in [2.05, 4.69) is 27.1 Å². The Morgan fingerprint density at radius 2 is 2.21 bits per heavy atom. The summed E-state index contributed by atoms with van der Waals surface area (Å²) in [6.45, 7) is 1.90. The van der Waals surface area contributed by atoms with Crippen LogP contribution in [0.2, 0.25) is 0 Å². The summed E-state index contributed by atoms with van der Waals surface area (Å²) in [5.41, 5.74) is 3.93. The van der Waals surface area contributed by atoms with E-state index >= 15 is 0 Å². The van der Waals surface area contributed by atoms with E-state index in [0.29, 0.717) is 11.6 Å². The molecule has 4 rings (SSSR count). The number of aromatic nitrogens is 4. The Labute approximate surface area is 140 Å². The van der Waals surface area contributed by atoms with Gasteiger partial charge < -0.3 is 4.40 Å². The molecule has 6 heteroatoms. The molecular formula is C18H20N6. The Balaban J connectivity index is 1.66. The lowest BCUT2D eigenvalue weighted by Gasteiger charge is -2.35. The van der Waals surface area contributed by atoms with Gasteiger partial charge in [0.05, 0.1) is 29.2 Å². The van der Waals surface area contributed by atoms with Gasteiger partial charge in [0.1, 0.15) is 11.7 Å². The molecule has 4 heterocycles. The van der Waals surface area contributed by atoms with E-state index in [-0.39, 0.29) is 0 Å². The maximum atomic E-state index is 9.14. The second-order valence-electron chi connectivity index (χ2n) is 6.37. The van der Waals surface area contributed by atoms with E-state index in [1.807, 2.05) is 46.9 Å². The molecule has 1 saturated heterocycles. The zero-order valence-electron chi connectivity index (χ0n) is 13.8. The molecule has 3 aromatic heterocycles. The van der Waals surface area contributed by atoms with Gasteiger partial charge in [-0.15, -0.1) is 0 Å². The molecule has 1 unspecified atom stereocenters. The minimum Gasteiger partial charge on any atom is -0.301 e. The fourth-order valence-corrected chi connectivity index (χ4v) is 3.65. The normalized spacial score (nSPS) is 18.8. The van der Waals surface area contributed by atoms with E-state index in [1.54, 1.807) is 0 Å². The topological polar surface area (TPSA) is 62.2 Å². The zero-order chi connectivity index (χ0) is 16.5. The molecule has 6 nitrogen and oxygen atoms in total. The Morgan fingerprint density at radius 1 is 1.29 bits per heavy atom. The third-order valence-electron chi connectivity index (χ3n) is 4.89. The van der Waals surface area contributed by atoms with Crippen molar-refractivity contribution < 1.29 is 0 Å². The number of aryl methyl sites for hydroxylation is 1. The fourth-order valence-electron chi connectivity index (χ4n) is 3.65. The summed E-state index contributed by atoms with van der Waals surface area (Å²) in [5, 5.41) is 13.5. The molecule has 24 heavy (non-hydrogen) atoms. The Hall–Kier alpha value is -2.65. The first-order chi connectivity index (χ1) is 11.8. The molecule has 122 valence electrons. The van der Waals surface area contributed by atoms with Gasteiger partial charge in [-0.3, -0.25) is 9.58 Å². The van der Waals surface area contributed by atoms with Gasteiger partial charge in [-0.1, -0.05) is 6.42 Å². The average molecular weight is 320 g/mol. The fraction of sp³-hybridized carbons (Fsp3) is 0.389. The lowest BCUT2D eigenvalue weighted by Crippen LogP contribution is -2.34. The molecule has 1 aliphatic rings. The minimum atomic E-state index is 0.385. The highest BCUT2D eigenvalue weighted by atomic mass is 15.3. The van der Waals surface area contributed by atoms with Crippen LogP contribution in [-0.4, -0.2) is 30.6 Å². The SMILES string of the molecule is Cn1nccc1C1CCCCN1Cc1cnc2ccc(C#N)cn12. The quantitative estimate of drug-likeness (QED) is 0.744. The highest BCUT2D eigenvalue weighted by molar-refractivity contribution is 5.44. The number of nitrogens with zero attached hydrogens (tertiary/aromatic N) is 6. The molecule has 3 aromatic rings. The number of piperidine rings is 1. The lowest BCUT2D eigenvalue weighted by molar-refractivity contribution is 0.132. The van der Waals surface area contributed by atoms with Crippen LogP contribution >= 0.6 is 0 Å². The van der Waals surface area contributed by atoms with Crippen LogP contribution < -0.4 is 0 Å². The number of pyridine rings is 1. The van der Waals surface area contributed by atoms with Crippen molar-refractivity contribution in [1.29, 1.82) is 5.26 Å². The minimum absolute atomic E-state index is 0.385. The third-order valence-corrected chi connectivity index (χ3v) is 4.89. The number of rotatable bonds is 3. The van der Waals surface area contributed by atoms with Crippen LogP contribution in [-0.2, 0) is 13.6 Å². The molecule has 0 spiro atoms. The number of imidazole rings is 1. The third kappa shape index (κ3) is 2.57. The van der Waals surface area contributed by atoms with E-state index in [4.69, 9.17) is 5.26 Å². The van der Waals surface area contributed by atoms with Gasteiger partial charge in [0, 0.05) is 26.0 Å². The molecule has 0 saturated carbocycles. The van der Waals surface area contributed by atoms with E-state index < -0.39 is 0 Å². The molecule has 0 N–H and O–H groups in total. The van der Waals surface area contributed by atoms with E-state index in [0.717, 1.165) is 30.9 Å². The summed E-state index contributed by atoms with van der Waals surface area (Å²) in [6, 6.07) is 8.42. The largest absolute Gasteiger partial charge is 0.301 e. The van der Waals surface area contributed by atoms with Crippen molar-refractivity contribution >= 4 is 5.65 Å². The van der Waals surface area contributed by atoms with Gasteiger partial charge in [0.2, 0.25) is 0 Å². The highest BCUT2D eigenvalue weighted by Crippen LogP contribution is 2.31. The summed E-state index contributed by atoms with van der Waals surface area (Å²) in [7, 11) is 2.01. The Bertz CT molecular complexity index is 900. The first-order valence-corrected chi connectivity index (χ1v) is 8.34. The second-order valence-corrected chi connectivity index (χ2v) is 6.37. The molecule has 1 aliphatic heterocycles. The summed E-state index contributed by atoms with van der Waals surface area (Å²) >= 11 is 0. The molecular weight excluding hydrogens is 300 g/mol. The Morgan fingerprint density at radius 3 is 3.00 bits per heavy atom. The van der Waals surface area contributed by atoms with Crippen molar-refractivity contribution in [2.75, 3.05) is 6.54 Å². The summed E-state index contributed by atoms with van der Waals surface area (Å²) in [5.74, 6) is 0. The maximum Gasteiger partial charge on any atom is 0.137 e. The second kappa shape index (κ2) is 6.10. The smallest absolute Gasteiger partial charge is 0.137 e. The van der Waals surface area contributed by atoms with Crippen molar-refractivity contribution in [3.05, 3.63) is 53.7 Å². The van der Waals surface area contributed by atoms with Crippen LogP contribution in [0.25, 0.3) is 5.65 Å². The molecule has 0 amide bonds. The van der Waals surface area contributed by atoms with Crippen LogP contribution in [0.4, 0.5) is 0 Å². The molecule has 1 atom stereocenters. The highest BCUT2D eigenvalue weighted by Gasteiger charge is 2.26. The van der Waals surface area contributed by atoms with Gasteiger partial charge in [0.25, 0.3) is 0 Å². The average Bonchev–Trinajstić information content (AvgIpc) is 3.21. The van der Waals surface area contributed by atoms with Gasteiger partial charge in [-0.05, 0) is 37.6 Å². The van der Waals surface area contributed by atoms with Gasteiger partial charge >= 0.3 is 0 Å². The molecule has 0 aromatic carbocycles. The summed E-state index contributed by atoms with van der Waals surface area (Å²) in [4.78, 5) is 6.98. The van der Waals surface area contributed by atoms with Crippen LogP contribution in [0.1, 0.15) is 42.3 Å². The number of likely N-dealkylation sites (tertiary alicyclic amines) is 1. The first-order valence-electron chi connectivity index (χ1n) is 8.34. The predicted molar refractivity (Wildman–Crippen MR) is 90.1 cm³/mol. The summed E-state index contributed by atoms with van der Waals surface area (Å²) in [6.07, 6.45) is 9.29. The van der Waals surface area contributed by atoms with Crippen LogP contribution in [0.3, 0.4) is 0 Å². The Kier molecular flexibility index (Phi) is 3.79. The van der Waals surface area contributed by atoms with Crippen LogP contribution in [0.15, 0.2) is 36.8 Å². The van der Waals surface area contributed by atoms with Crippen molar-refractivity contribution in [2.24, 2.45) is 7.05 Å². The van der Waals surface area contributed by atoms with Crippen molar-refractivity contribution in [3.8, 4) is 6.07 Å². The summed E-state index contributed by atoms with van der Waals surface area (Å²) < 4.78 is 4.01. The predicted octanol–water partition coefficient (Wildman–Crippen LogP) is 2.67. The monoisotopic (exact) mass is 320 g/mol. The standard InChI is InChI=1S/C18H20N6/c1-22-16(7-8-21-22)17-4-2-3-9-23(17)13-15-11-20-18-6-5-14(10-19)12-24(15)18/h5-8,11-12,17H,2-4,9,13H2,1H3.